The minimum absolute atomic E-state index is 0.197. The van der Waals surface area contributed by atoms with Crippen LogP contribution in [0.15, 0.2) is 79.1 Å². The molecule has 0 fully saturated rings. The maximum Gasteiger partial charge on any atom is 0.344 e. The van der Waals surface area contributed by atoms with Crippen molar-refractivity contribution in [2.75, 3.05) is 7.11 Å². The average Bonchev–Trinajstić information content (AvgIpc) is 2.83. The highest BCUT2D eigenvalue weighted by Gasteiger charge is 2.18. The first-order chi connectivity index (χ1) is 16.9. The van der Waals surface area contributed by atoms with E-state index in [4.69, 9.17) is 41.5 Å². The highest BCUT2D eigenvalue weighted by atomic mass is 35.5. The van der Waals surface area contributed by atoms with Crippen molar-refractivity contribution in [3.05, 3.63) is 103 Å². The van der Waals surface area contributed by atoms with E-state index in [1.54, 1.807) is 61.5 Å². The van der Waals surface area contributed by atoms with E-state index in [2.05, 4.69) is 0 Å². The molecule has 176 valence electrons. The first kappa shape index (κ1) is 23.0. The van der Waals surface area contributed by atoms with Crippen LogP contribution in [0.2, 0.25) is 10.0 Å². The van der Waals surface area contributed by atoms with Crippen LogP contribution >= 0.6 is 23.2 Å². The van der Waals surface area contributed by atoms with Crippen LogP contribution in [-0.4, -0.2) is 7.11 Å². The lowest BCUT2D eigenvalue weighted by Gasteiger charge is -2.13. The Morgan fingerprint density at radius 2 is 1.69 bits per heavy atom. The zero-order valence-corrected chi connectivity index (χ0v) is 20.2. The van der Waals surface area contributed by atoms with Crippen LogP contribution in [0.5, 0.6) is 11.5 Å². The smallest absolute Gasteiger partial charge is 0.344 e. The van der Waals surface area contributed by atoms with Gasteiger partial charge >= 0.3 is 11.3 Å². The van der Waals surface area contributed by atoms with E-state index >= 15 is 0 Å². The van der Waals surface area contributed by atoms with Crippen LogP contribution in [0.4, 0.5) is 0 Å². The van der Waals surface area contributed by atoms with E-state index in [0.717, 1.165) is 5.56 Å². The third-order valence-corrected chi connectivity index (χ3v) is 6.33. The van der Waals surface area contributed by atoms with Gasteiger partial charge in [-0.1, -0.05) is 41.4 Å². The Hall–Kier alpha value is -3.74. The fraction of sp³-hybridized carbons (Fsp3) is 0.111. The summed E-state index contributed by atoms with van der Waals surface area (Å²) in [5, 5.41) is 2.27. The fourth-order valence-electron chi connectivity index (χ4n) is 3.98. The molecule has 0 atom stereocenters. The first-order valence-corrected chi connectivity index (χ1v) is 11.4. The van der Waals surface area contributed by atoms with Gasteiger partial charge in [0.2, 0.25) is 0 Å². The molecule has 0 radical (unpaired) electrons. The fourth-order valence-corrected chi connectivity index (χ4v) is 4.45. The van der Waals surface area contributed by atoms with Gasteiger partial charge in [0.05, 0.1) is 12.7 Å². The molecule has 0 aliphatic rings. The Bertz CT molecular complexity index is 1720. The number of ether oxygens (including phenoxy) is 2. The number of methoxy groups -OCH3 is 1. The van der Waals surface area contributed by atoms with Gasteiger partial charge in [0.1, 0.15) is 17.9 Å². The molecule has 0 bridgehead atoms. The van der Waals surface area contributed by atoms with E-state index < -0.39 is 11.3 Å². The average molecular weight is 509 g/mol. The third-order valence-electron chi connectivity index (χ3n) is 5.74. The van der Waals surface area contributed by atoms with Gasteiger partial charge < -0.3 is 18.3 Å². The minimum Gasteiger partial charge on any atom is -0.493 e. The molecule has 35 heavy (non-hydrogen) atoms. The van der Waals surface area contributed by atoms with E-state index in [-0.39, 0.29) is 12.2 Å². The summed E-state index contributed by atoms with van der Waals surface area (Å²) in [5.41, 5.74) is 1.48. The maximum atomic E-state index is 12.9. The first-order valence-electron chi connectivity index (χ1n) is 10.6. The third kappa shape index (κ3) is 4.27. The van der Waals surface area contributed by atoms with Crippen LogP contribution in [0.3, 0.4) is 0 Å². The van der Waals surface area contributed by atoms with E-state index in [1.165, 1.54) is 13.2 Å². The highest BCUT2D eigenvalue weighted by molar-refractivity contribution is 6.35. The van der Waals surface area contributed by atoms with Gasteiger partial charge in [0, 0.05) is 43.6 Å². The molecule has 8 heteroatoms. The van der Waals surface area contributed by atoms with Crippen LogP contribution < -0.4 is 20.7 Å². The summed E-state index contributed by atoms with van der Waals surface area (Å²) in [6.07, 6.45) is 0. The Kier molecular flexibility index (Phi) is 6.01. The lowest BCUT2D eigenvalue weighted by Crippen LogP contribution is -2.07. The van der Waals surface area contributed by atoms with Gasteiger partial charge in [-0.25, -0.2) is 9.59 Å². The number of halogens is 2. The van der Waals surface area contributed by atoms with Crippen LogP contribution in [0.1, 0.15) is 11.1 Å². The van der Waals surface area contributed by atoms with Crippen molar-refractivity contribution in [2.45, 2.75) is 13.5 Å². The SMILES string of the molecule is COc1cccc2cc(-c3cc(=O)oc4c(C)c(OCc5ccc(Cl)cc5Cl)ccc34)c(=O)oc12. The molecule has 5 rings (SSSR count). The summed E-state index contributed by atoms with van der Waals surface area (Å²) < 4.78 is 22.3. The molecule has 6 nitrogen and oxygen atoms in total. The van der Waals surface area contributed by atoms with Gasteiger partial charge in [-0.3, -0.25) is 0 Å². The zero-order valence-electron chi connectivity index (χ0n) is 18.7. The number of para-hydroxylation sites is 1. The summed E-state index contributed by atoms with van der Waals surface area (Å²) in [5.74, 6) is 0.959. The van der Waals surface area contributed by atoms with E-state index in [0.29, 0.717) is 54.6 Å². The summed E-state index contributed by atoms with van der Waals surface area (Å²) >= 11 is 12.2. The van der Waals surface area contributed by atoms with Crippen LogP contribution in [0, 0.1) is 6.92 Å². The van der Waals surface area contributed by atoms with Gasteiger partial charge in [0.15, 0.2) is 11.3 Å². The molecule has 0 aliphatic heterocycles. The van der Waals surface area contributed by atoms with Crippen LogP contribution in [0.25, 0.3) is 33.1 Å². The Morgan fingerprint density at radius 3 is 2.46 bits per heavy atom. The number of benzene rings is 3. The standard InChI is InChI=1S/C27H18Cl2O6/c1-14-22(33-13-16-6-7-17(28)11-21(16)29)9-8-18-19(12-24(30)34-25(14)18)20-10-15-4-3-5-23(32-2)26(15)35-27(20)31/h3-12H,13H2,1-2H3. The van der Waals surface area contributed by atoms with Crippen molar-refractivity contribution in [3.63, 3.8) is 0 Å². The number of aryl methyl sites for hydroxylation is 1. The number of hydrogen-bond acceptors (Lipinski definition) is 6. The molecule has 0 unspecified atom stereocenters. The predicted molar refractivity (Wildman–Crippen MR) is 136 cm³/mol. The molecule has 0 aliphatic carbocycles. The number of rotatable bonds is 5. The van der Waals surface area contributed by atoms with E-state index in [9.17, 15) is 9.59 Å². The second-order valence-corrected chi connectivity index (χ2v) is 8.74. The van der Waals surface area contributed by atoms with Gasteiger partial charge in [-0.05, 0) is 43.3 Å². The van der Waals surface area contributed by atoms with E-state index in [1.807, 2.05) is 0 Å². The van der Waals surface area contributed by atoms with Gasteiger partial charge in [-0.15, -0.1) is 0 Å². The van der Waals surface area contributed by atoms with Gasteiger partial charge in [-0.2, -0.15) is 0 Å². The summed E-state index contributed by atoms with van der Waals surface area (Å²) in [6, 6.07) is 16.9. The minimum atomic E-state index is -0.598. The second kappa shape index (κ2) is 9.13. The monoisotopic (exact) mass is 508 g/mol. The highest BCUT2D eigenvalue weighted by Crippen LogP contribution is 2.34. The van der Waals surface area contributed by atoms with Crippen molar-refractivity contribution in [2.24, 2.45) is 0 Å². The van der Waals surface area contributed by atoms with Crippen molar-refractivity contribution >= 4 is 45.1 Å². The molecule has 0 N–H and O–H groups in total. The van der Waals surface area contributed by atoms with Crippen molar-refractivity contribution in [3.8, 4) is 22.6 Å². The topological polar surface area (TPSA) is 78.9 Å². The quantitative estimate of drug-likeness (QED) is 0.244. The lowest BCUT2D eigenvalue weighted by molar-refractivity contribution is 0.304. The Morgan fingerprint density at radius 1 is 0.857 bits per heavy atom. The summed E-state index contributed by atoms with van der Waals surface area (Å²) in [7, 11) is 1.50. The molecule has 0 saturated carbocycles. The molecule has 3 aromatic carbocycles. The normalized spacial score (nSPS) is 11.2. The molecular formula is C27H18Cl2O6. The second-order valence-electron chi connectivity index (χ2n) is 7.90. The maximum absolute atomic E-state index is 12.9. The molecule has 5 aromatic rings. The lowest BCUT2D eigenvalue weighted by atomic mass is 10.0. The zero-order chi connectivity index (χ0) is 24.7. The number of hydrogen-bond donors (Lipinski definition) is 0. The van der Waals surface area contributed by atoms with Crippen molar-refractivity contribution in [1.82, 2.24) is 0 Å². The largest absolute Gasteiger partial charge is 0.493 e. The Balaban J connectivity index is 1.61. The summed E-state index contributed by atoms with van der Waals surface area (Å²) in [4.78, 5) is 25.4. The summed E-state index contributed by atoms with van der Waals surface area (Å²) in [6.45, 7) is 1.98. The molecule has 2 heterocycles. The number of fused-ring (bicyclic) bond motifs is 2. The molecule has 0 spiro atoms. The Labute approximate surface area is 209 Å². The molecular weight excluding hydrogens is 491 g/mol. The molecule has 0 saturated heterocycles. The van der Waals surface area contributed by atoms with Crippen molar-refractivity contribution < 1.29 is 18.3 Å². The van der Waals surface area contributed by atoms with Gasteiger partial charge in [0.25, 0.3) is 0 Å². The molecule has 2 aromatic heterocycles. The molecule has 0 amide bonds. The predicted octanol–water partition coefficient (Wildman–Crippen LogP) is 6.77. The van der Waals surface area contributed by atoms with Crippen molar-refractivity contribution in [1.29, 1.82) is 0 Å². The van der Waals surface area contributed by atoms with Crippen LogP contribution in [-0.2, 0) is 6.61 Å².